The Hall–Kier alpha value is -1.93. The van der Waals surface area contributed by atoms with Gasteiger partial charge in [0.15, 0.2) is 5.96 Å². The molecule has 6 nitrogen and oxygen atoms in total. The summed E-state index contributed by atoms with van der Waals surface area (Å²) in [7, 11) is 2.16. The van der Waals surface area contributed by atoms with Crippen molar-refractivity contribution in [1.82, 2.24) is 15.5 Å². The minimum atomic E-state index is -2.86. The van der Waals surface area contributed by atoms with E-state index in [4.69, 9.17) is 0 Å². The molecule has 0 spiro atoms. The summed E-state index contributed by atoms with van der Waals surface area (Å²) in [6, 6.07) is 5.97. The van der Waals surface area contributed by atoms with E-state index in [0.29, 0.717) is 11.5 Å². The molecule has 2 rings (SSSR count). The molecule has 0 aromatic heterocycles. The van der Waals surface area contributed by atoms with Crippen LogP contribution in [0.1, 0.15) is 37.9 Å². The van der Waals surface area contributed by atoms with Crippen LogP contribution in [-0.4, -0.2) is 62.3 Å². The molecule has 1 fully saturated rings. The molecular weight excluding hydrogens is 366 g/mol. The lowest BCUT2D eigenvalue weighted by molar-refractivity contribution is -0.0498. The zero-order valence-corrected chi connectivity index (χ0v) is 16.7. The van der Waals surface area contributed by atoms with Crippen molar-refractivity contribution >= 4 is 5.96 Å². The number of nitrogens with zero attached hydrogens (tertiary/aromatic N) is 2. The number of alkyl halides is 2. The van der Waals surface area contributed by atoms with Crippen LogP contribution in [0.15, 0.2) is 29.3 Å². The fraction of sp³-hybridized carbons (Fsp3) is 0.650. The normalized spacial score (nSPS) is 17.6. The molecule has 1 aliphatic rings. The Bertz CT molecular complexity index is 590. The number of likely N-dealkylation sites (tertiary alicyclic amines) is 1. The van der Waals surface area contributed by atoms with Gasteiger partial charge in [0.25, 0.3) is 0 Å². The number of hydrogen-bond acceptors (Lipinski definition) is 4. The highest BCUT2D eigenvalue weighted by atomic mass is 19.3. The molecule has 0 saturated carbocycles. The summed E-state index contributed by atoms with van der Waals surface area (Å²) in [6.45, 7) is 3.21. The Labute approximate surface area is 166 Å². The maximum Gasteiger partial charge on any atom is 0.387 e. The Balaban J connectivity index is 1.80. The molecule has 28 heavy (non-hydrogen) atoms. The Morgan fingerprint density at radius 3 is 2.54 bits per heavy atom. The Kier molecular flexibility index (Phi) is 9.43. The zero-order chi connectivity index (χ0) is 20.4. The second-order valence-corrected chi connectivity index (χ2v) is 7.15. The van der Waals surface area contributed by atoms with Crippen molar-refractivity contribution in [3.63, 3.8) is 0 Å². The molecule has 3 N–H and O–H groups in total. The third kappa shape index (κ3) is 7.98. The first-order valence-electron chi connectivity index (χ1n) is 9.91. The van der Waals surface area contributed by atoms with Crippen molar-refractivity contribution in [3.8, 4) is 5.75 Å². The number of hydrogen-bond donors (Lipinski definition) is 3. The lowest BCUT2D eigenvalue weighted by Gasteiger charge is -2.29. The molecule has 158 valence electrons. The van der Waals surface area contributed by atoms with Crippen LogP contribution in [-0.2, 0) is 0 Å². The minimum Gasteiger partial charge on any atom is -0.435 e. The van der Waals surface area contributed by atoms with Crippen LogP contribution in [0.3, 0.4) is 0 Å². The quantitative estimate of drug-likeness (QED) is 0.441. The highest BCUT2D eigenvalue weighted by Gasteiger charge is 2.16. The van der Waals surface area contributed by atoms with E-state index in [9.17, 15) is 13.9 Å². The number of guanidine groups is 1. The molecule has 1 atom stereocenters. The number of benzene rings is 1. The fourth-order valence-corrected chi connectivity index (χ4v) is 3.24. The van der Waals surface area contributed by atoms with E-state index in [2.05, 4.69) is 32.3 Å². The molecule has 1 aromatic rings. The number of aliphatic hydroxyl groups is 1. The summed E-state index contributed by atoms with van der Waals surface area (Å²) in [5.74, 6) is 1.48. The van der Waals surface area contributed by atoms with Gasteiger partial charge in [-0.2, -0.15) is 8.78 Å². The van der Waals surface area contributed by atoms with Crippen molar-refractivity contribution in [2.75, 3.05) is 39.8 Å². The summed E-state index contributed by atoms with van der Waals surface area (Å²) in [4.78, 5) is 6.80. The lowest BCUT2D eigenvalue weighted by atomic mass is 9.94. The number of nitrogens with one attached hydrogen (secondary N) is 2. The molecule has 8 heteroatoms. The monoisotopic (exact) mass is 398 g/mol. The minimum absolute atomic E-state index is 0.0679. The molecule has 1 aliphatic heterocycles. The van der Waals surface area contributed by atoms with Crippen molar-refractivity contribution in [1.29, 1.82) is 0 Å². The highest BCUT2D eigenvalue weighted by molar-refractivity contribution is 5.79. The number of halogens is 2. The van der Waals surface area contributed by atoms with Crippen molar-refractivity contribution in [2.45, 2.75) is 38.9 Å². The average Bonchev–Trinajstić information content (AvgIpc) is 2.67. The van der Waals surface area contributed by atoms with Gasteiger partial charge in [-0.3, -0.25) is 4.99 Å². The summed E-state index contributed by atoms with van der Waals surface area (Å²) >= 11 is 0. The van der Waals surface area contributed by atoms with Crippen molar-refractivity contribution in [2.24, 2.45) is 10.9 Å². The van der Waals surface area contributed by atoms with Gasteiger partial charge in [0.2, 0.25) is 0 Å². The highest BCUT2D eigenvalue weighted by Crippen LogP contribution is 2.20. The summed E-state index contributed by atoms with van der Waals surface area (Å²) in [5.41, 5.74) is 0.604. The van der Waals surface area contributed by atoms with Crippen molar-refractivity contribution < 1.29 is 18.6 Å². The average molecular weight is 398 g/mol. The van der Waals surface area contributed by atoms with Crippen LogP contribution in [0.4, 0.5) is 8.78 Å². The van der Waals surface area contributed by atoms with E-state index in [1.807, 2.05) is 6.92 Å². The van der Waals surface area contributed by atoms with Gasteiger partial charge in [0.05, 0.1) is 12.6 Å². The standard InChI is InChI=1S/C20H32F2N4O2/c1-3-23-20(24-11-8-15-9-12-26(2)13-10-15)25-14-18(27)16-4-6-17(7-5-16)28-19(21)22/h4-7,15,18-19,27H,3,8-14H2,1-2H3,(H2,23,24,25). The van der Waals surface area contributed by atoms with Crippen LogP contribution >= 0.6 is 0 Å². The zero-order valence-electron chi connectivity index (χ0n) is 16.7. The van der Waals surface area contributed by atoms with Gasteiger partial charge in [-0.15, -0.1) is 0 Å². The first kappa shape index (κ1) is 22.4. The van der Waals surface area contributed by atoms with E-state index in [0.717, 1.165) is 38.5 Å². The smallest absolute Gasteiger partial charge is 0.387 e. The molecule has 0 radical (unpaired) electrons. The van der Waals surface area contributed by atoms with Crippen LogP contribution in [0, 0.1) is 5.92 Å². The molecule has 0 amide bonds. The number of aliphatic imine (C=N–C) groups is 1. The first-order valence-corrected chi connectivity index (χ1v) is 9.91. The van der Waals surface area contributed by atoms with Crippen LogP contribution < -0.4 is 15.4 Å². The molecule has 0 bridgehead atoms. The number of aliphatic hydroxyl groups excluding tert-OH is 1. The lowest BCUT2D eigenvalue weighted by Crippen LogP contribution is -2.39. The van der Waals surface area contributed by atoms with E-state index in [1.165, 1.54) is 25.0 Å². The van der Waals surface area contributed by atoms with Gasteiger partial charge >= 0.3 is 6.61 Å². The number of piperidine rings is 1. The fourth-order valence-electron chi connectivity index (χ4n) is 3.24. The van der Waals surface area contributed by atoms with E-state index >= 15 is 0 Å². The molecule has 1 aromatic carbocycles. The van der Waals surface area contributed by atoms with Crippen LogP contribution in [0.5, 0.6) is 5.75 Å². The third-order valence-corrected chi connectivity index (χ3v) is 4.94. The summed E-state index contributed by atoms with van der Waals surface area (Å²) in [5, 5.41) is 16.8. The Morgan fingerprint density at radius 2 is 1.93 bits per heavy atom. The molecule has 1 saturated heterocycles. The van der Waals surface area contributed by atoms with Crippen molar-refractivity contribution in [3.05, 3.63) is 29.8 Å². The van der Waals surface area contributed by atoms with Gasteiger partial charge in [-0.1, -0.05) is 12.1 Å². The third-order valence-electron chi connectivity index (χ3n) is 4.94. The van der Waals surface area contributed by atoms with E-state index in [1.54, 1.807) is 12.1 Å². The molecule has 1 unspecified atom stereocenters. The van der Waals surface area contributed by atoms with Crippen LogP contribution in [0.2, 0.25) is 0 Å². The SMILES string of the molecule is CCNC(=NCC(O)c1ccc(OC(F)F)cc1)NCCC1CCN(C)CC1. The molecule has 1 heterocycles. The van der Waals surface area contributed by atoms with Crippen LogP contribution in [0.25, 0.3) is 0 Å². The first-order chi connectivity index (χ1) is 13.5. The van der Waals surface area contributed by atoms with Gasteiger partial charge < -0.3 is 25.4 Å². The predicted molar refractivity (Wildman–Crippen MR) is 107 cm³/mol. The van der Waals surface area contributed by atoms with Gasteiger partial charge in [-0.25, -0.2) is 0 Å². The maximum absolute atomic E-state index is 12.2. The van der Waals surface area contributed by atoms with E-state index < -0.39 is 12.7 Å². The second-order valence-electron chi connectivity index (χ2n) is 7.15. The predicted octanol–water partition coefficient (Wildman–Crippen LogP) is 2.61. The summed E-state index contributed by atoms with van der Waals surface area (Å²) in [6.07, 6.45) is 2.75. The molecular formula is C20H32F2N4O2. The van der Waals surface area contributed by atoms with Gasteiger partial charge in [0, 0.05) is 13.1 Å². The second kappa shape index (κ2) is 11.8. The number of rotatable bonds is 9. The van der Waals surface area contributed by atoms with Gasteiger partial charge in [-0.05, 0) is 69.9 Å². The largest absolute Gasteiger partial charge is 0.435 e. The molecule has 0 aliphatic carbocycles. The van der Waals surface area contributed by atoms with E-state index in [-0.39, 0.29) is 12.3 Å². The Morgan fingerprint density at radius 1 is 1.25 bits per heavy atom. The maximum atomic E-state index is 12.2. The summed E-state index contributed by atoms with van der Waals surface area (Å²) < 4.78 is 28.7. The number of ether oxygens (including phenoxy) is 1. The topological polar surface area (TPSA) is 69.1 Å². The van der Waals surface area contributed by atoms with Gasteiger partial charge in [0.1, 0.15) is 5.75 Å².